The topological polar surface area (TPSA) is 77.0 Å². The quantitative estimate of drug-likeness (QED) is 0.204. The van der Waals surface area contributed by atoms with Crippen molar-refractivity contribution in [2.45, 2.75) is 23.8 Å². The first-order chi connectivity index (χ1) is 14.1. The molecule has 144 valence electrons. The molecule has 0 fully saturated rings. The van der Waals surface area contributed by atoms with Gasteiger partial charge in [-0.3, -0.25) is 14.4 Å². The van der Waals surface area contributed by atoms with Crippen molar-refractivity contribution in [2.24, 2.45) is 5.92 Å². The molecule has 1 aliphatic rings. The Bertz CT molecular complexity index is 1070. The number of ketones is 3. The van der Waals surface area contributed by atoms with Crippen LogP contribution in [0.15, 0.2) is 72.0 Å². The van der Waals surface area contributed by atoms with Crippen molar-refractivity contribution in [1.29, 1.82) is 0 Å². The monoisotopic (exact) mass is 402 g/mol. The molecule has 1 heterocycles. The molecule has 1 aliphatic carbocycles. The molecule has 0 saturated heterocycles. The minimum absolute atomic E-state index is 0.265. The van der Waals surface area contributed by atoms with E-state index in [4.69, 9.17) is 0 Å². The summed E-state index contributed by atoms with van der Waals surface area (Å²) in [7, 11) is 0. The number of thioether (sulfide) groups is 1. The summed E-state index contributed by atoms with van der Waals surface area (Å²) in [4.78, 5) is 46.9. The lowest BCUT2D eigenvalue weighted by Gasteiger charge is -2.21. The number of nitrogens with zero attached hydrogens (tertiary/aromatic N) is 2. The van der Waals surface area contributed by atoms with Gasteiger partial charge in [-0.1, -0.05) is 72.4 Å². The van der Waals surface area contributed by atoms with Gasteiger partial charge < -0.3 is 0 Å². The van der Waals surface area contributed by atoms with Gasteiger partial charge in [-0.05, 0) is 24.0 Å². The Morgan fingerprint density at radius 1 is 1.00 bits per heavy atom. The van der Waals surface area contributed by atoms with Gasteiger partial charge in [0.05, 0.1) is 5.92 Å². The Morgan fingerprint density at radius 2 is 1.69 bits per heavy atom. The zero-order valence-corrected chi connectivity index (χ0v) is 16.4. The van der Waals surface area contributed by atoms with Gasteiger partial charge in [-0.2, -0.15) is 0 Å². The normalized spacial score (nSPS) is 15.6. The van der Waals surface area contributed by atoms with Crippen molar-refractivity contribution < 1.29 is 14.4 Å². The fourth-order valence-electron chi connectivity index (χ4n) is 3.31. The van der Waals surface area contributed by atoms with Gasteiger partial charge in [0, 0.05) is 17.5 Å². The Kier molecular flexibility index (Phi) is 5.62. The molecule has 0 radical (unpaired) electrons. The molecule has 1 atom stereocenters. The maximum atomic E-state index is 12.9. The van der Waals surface area contributed by atoms with Crippen molar-refractivity contribution in [2.75, 3.05) is 0 Å². The van der Waals surface area contributed by atoms with Crippen LogP contribution in [-0.2, 0) is 17.0 Å². The first-order valence-electron chi connectivity index (χ1n) is 9.34. The molecule has 4 rings (SSSR count). The van der Waals surface area contributed by atoms with Crippen molar-refractivity contribution in [3.63, 3.8) is 0 Å². The molecule has 0 bridgehead atoms. The zero-order valence-electron chi connectivity index (χ0n) is 15.6. The maximum Gasteiger partial charge on any atom is 0.229 e. The second kappa shape index (κ2) is 8.49. The fraction of sp³-hybridized carbons (Fsp3) is 0.174. The van der Waals surface area contributed by atoms with Crippen LogP contribution in [-0.4, -0.2) is 27.3 Å². The van der Waals surface area contributed by atoms with Crippen molar-refractivity contribution in [1.82, 2.24) is 9.97 Å². The summed E-state index contributed by atoms with van der Waals surface area (Å²) in [6, 6.07) is 18.2. The minimum Gasteiger partial charge on any atom is -0.292 e. The number of rotatable bonds is 6. The van der Waals surface area contributed by atoms with Crippen LogP contribution in [0.3, 0.4) is 0 Å². The summed E-state index contributed by atoms with van der Waals surface area (Å²) in [5, 5.41) is 0.489. The van der Waals surface area contributed by atoms with Gasteiger partial charge >= 0.3 is 0 Å². The molecule has 1 aromatic heterocycles. The van der Waals surface area contributed by atoms with E-state index in [1.54, 1.807) is 36.5 Å². The van der Waals surface area contributed by atoms with Crippen molar-refractivity contribution in [3.05, 3.63) is 89.2 Å². The van der Waals surface area contributed by atoms with E-state index in [9.17, 15) is 14.4 Å². The lowest BCUT2D eigenvalue weighted by Crippen LogP contribution is -2.35. The van der Waals surface area contributed by atoms with Crippen LogP contribution in [0, 0.1) is 5.92 Å². The highest BCUT2D eigenvalue weighted by molar-refractivity contribution is 7.98. The Labute approximate surface area is 172 Å². The fourth-order valence-corrected chi connectivity index (χ4v) is 4.09. The molecular weight excluding hydrogens is 384 g/mol. The van der Waals surface area contributed by atoms with Crippen molar-refractivity contribution in [3.8, 4) is 0 Å². The average molecular weight is 402 g/mol. The molecule has 1 unspecified atom stereocenters. The van der Waals surface area contributed by atoms with Gasteiger partial charge in [0.25, 0.3) is 0 Å². The van der Waals surface area contributed by atoms with Crippen LogP contribution < -0.4 is 0 Å². The van der Waals surface area contributed by atoms with Crippen LogP contribution in [0.5, 0.6) is 0 Å². The highest BCUT2D eigenvalue weighted by Gasteiger charge is 2.37. The van der Waals surface area contributed by atoms with E-state index in [0.717, 1.165) is 11.1 Å². The lowest BCUT2D eigenvalue weighted by atomic mass is 9.81. The average Bonchev–Trinajstić information content (AvgIpc) is 2.78. The van der Waals surface area contributed by atoms with E-state index in [2.05, 4.69) is 9.97 Å². The third kappa shape index (κ3) is 4.17. The molecule has 29 heavy (non-hydrogen) atoms. The zero-order chi connectivity index (χ0) is 20.2. The number of benzene rings is 2. The highest BCUT2D eigenvalue weighted by atomic mass is 32.2. The van der Waals surface area contributed by atoms with E-state index in [0.29, 0.717) is 29.3 Å². The molecule has 0 N–H and O–H groups in total. The number of aromatic nitrogens is 2. The molecule has 6 heteroatoms. The maximum absolute atomic E-state index is 12.9. The summed E-state index contributed by atoms with van der Waals surface area (Å²) in [5.74, 6) is -1.96. The number of hydrogen-bond donors (Lipinski definition) is 0. The van der Waals surface area contributed by atoms with Crippen LogP contribution >= 0.6 is 11.8 Å². The van der Waals surface area contributed by atoms with E-state index in [1.807, 2.05) is 30.3 Å². The molecule has 3 aromatic rings. The molecule has 0 amide bonds. The number of carbonyl (C=O) groups is 3. The third-order valence-corrected chi connectivity index (χ3v) is 5.81. The Morgan fingerprint density at radius 3 is 2.41 bits per heavy atom. The van der Waals surface area contributed by atoms with Crippen LogP contribution in [0.1, 0.15) is 38.4 Å². The van der Waals surface area contributed by atoms with Crippen molar-refractivity contribution >= 4 is 29.1 Å². The molecule has 0 aliphatic heterocycles. The molecule has 2 aromatic carbocycles. The van der Waals surface area contributed by atoms with Gasteiger partial charge in [0.1, 0.15) is 5.69 Å². The van der Waals surface area contributed by atoms with Crippen LogP contribution in [0.25, 0.3) is 0 Å². The summed E-state index contributed by atoms with van der Waals surface area (Å²) < 4.78 is 0. The van der Waals surface area contributed by atoms with Crippen LogP contribution in [0.4, 0.5) is 0 Å². The highest BCUT2D eigenvalue weighted by Crippen LogP contribution is 2.28. The first kappa shape index (κ1) is 19.2. The predicted molar refractivity (Wildman–Crippen MR) is 110 cm³/mol. The summed E-state index contributed by atoms with van der Waals surface area (Å²) >= 11 is 1.43. The second-order valence-corrected chi connectivity index (χ2v) is 7.76. The molecular formula is C23H18N2O3S. The number of Topliss-reactive ketones (excluding diaryl/α,β-unsaturated/α-hetero) is 3. The summed E-state index contributed by atoms with van der Waals surface area (Å²) in [6.45, 7) is 0. The molecule has 5 nitrogen and oxygen atoms in total. The van der Waals surface area contributed by atoms with E-state index >= 15 is 0 Å². The summed E-state index contributed by atoms with van der Waals surface area (Å²) in [5.41, 5.74) is 2.43. The lowest BCUT2D eigenvalue weighted by molar-refractivity contribution is -0.117. The Hall–Kier alpha value is -3.12. The molecule has 0 saturated carbocycles. The Balaban J connectivity index is 1.51. The van der Waals surface area contributed by atoms with Gasteiger partial charge in [-0.25, -0.2) is 9.97 Å². The minimum atomic E-state index is -0.975. The first-order valence-corrected chi connectivity index (χ1v) is 10.3. The standard InChI is InChI=1S/C23H18N2O3S/c26-20(16-9-5-2-6-10-16)22(28)18-12-11-17-13-24-23(25-19(17)21(18)27)29-14-15-7-3-1-4-8-15/h1-10,13,18H,11-12,14H2. The van der Waals surface area contributed by atoms with Gasteiger partial charge in [-0.15, -0.1) is 0 Å². The number of carbonyl (C=O) groups excluding carboxylic acids is 3. The van der Waals surface area contributed by atoms with Gasteiger partial charge in [0.15, 0.2) is 10.9 Å². The third-order valence-electron chi connectivity index (χ3n) is 4.88. The van der Waals surface area contributed by atoms with E-state index < -0.39 is 17.5 Å². The summed E-state index contributed by atoms with van der Waals surface area (Å²) in [6.07, 6.45) is 2.47. The van der Waals surface area contributed by atoms with Gasteiger partial charge in [0.2, 0.25) is 11.6 Å². The van der Waals surface area contributed by atoms with E-state index in [1.165, 1.54) is 11.8 Å². The van der Waals surface area contributed by atoms with Crippen LogP contribution in [0.2, 0.25) is 0 Å². The molecule has 0 spiro atoms. The smallest absolute Gasteiger partial charge is 0.229 e. The number of hydrogen-bond acceptors (Lipinski definition) is 6. The largest absolute Gasteiger partial charge is 0.292 e. The second-order valence-electron chi connectivity index (χ2n) is 6.82. The SMILES string of the molecule is O=C(C(=O)C1CCc2cnc(SCc3ccccc3)nc2C1=O)c1ccccc1. The number of fused-ring (bicyclic) bond motifs is 1. The van der Waals surface area contributed by atoms with E-state index in [-0.39, 0.29) is 11.5 Å². The predicted octanol–water partition coefficient (Wildman–Crippen LogP) is 3.97. The number of aryl methyl sites for hydroxylation is 1.